The van der Waals surface area contributed by atoms with Crippen LogP contribution in [0.1, 0.15) is 6.42 Å². The Hall–Kier alpha value is -0.610. The quantitative estimate of drug-likeness (QED) is 0.586. The molecule has 0 unspecified atom stereocenters. The van der Waals surface area contributed by atoms with Crippen LogP contribution in [0, 0.1) is 0 Å². The van der Waals surface area contributed by atoms with Crippen molar-refractivity contribution in [1.29, 1.82) is 0 Å². The molecule has 2 N–H and O–H groups in total. The van der Waals surface area contributed by atoms with E-state index in [0.29, 0.717) is 6.54 Å². The monoisotopic (exact) mass is 171 g/mol. The van der Waals surface area contributed by atoms with Gasteiger partial charge < -0.3 is 15.5 Å². The van der Waals surface area contributed by atoms with E-state index in [2.05, 4.69) is 0 Å². The Labute approximate surface area is 73.3 Å². The molecule has 4 nitrogen and oxygen atoms in total. The Morgan fingerprint density at radius 2 is 2.33 bits per heavy atom. The second-order valence-electron chi connectivity index (χ2n) is 3.63. The topological polar surface area (TPSA) is 49.6 Å². The first-order chi connectivity index (χ1) is 5.59. The Bertz CT molecular complexity index is 170. The third-order valence-corrected chi connectivity index (χ3v) is 2.03. The molecule has 0 spiro atoms. The number of amides is 1. The first kappa shape index (κ1) is 9.48. The second-order valence-corrected chi connectivity index (χ2v) is 3.63. The first-order valence-electron chi connectivity index (χ1n) is 4.27. The van der Waals surface area contributed by atoms with Crippen molar-refractivity contribution in [2.75, 3.05) is 33.7 Å². The SMILES string of the molecule is CN(C)CC(=O)N1CC[C@H](N)C1. The van der Waals surface area contributed by atoms with E-state index in [1.54, 1.807) is 0 Å². The molecule has 12 heavy (non-hydrogen) atoms. The Kier molecular flexibility index (Phi) is 3.05. The summed E-state index contributed by atoms with van der Waals surface area (Å²) < 4.78 is 0. The summed E-state index contributed by atoms with van der Waals surface area (Å²) in [6, 6.07) is 0.191. The maximum Gasteiger partial charge on any atom is 0.236 e. The fourth-order valence-electron chi connectivity index (χ4n) is 1.38. The van der Waals surface area contributed by atoms with Crippen LogP contribution in [-0.4, -0.2) is 55.5 Å². The molecule has 1 saturated heterocycles. The zero-order chi connectivity index (χ0) is 9.14. The smallest absolute Gasteiger partial charge is 0.236 e. The summed E-state index contributed by atoms with van der Waals surface area (Å²) in [5.74, 6) is 0.188. The number of likely N-dealkylation sites (N-methyl/N-ethyl adjacent to an activating group) is 1. The summed E-state index contributed by atoms with van der Waals surface area (Å²) in [5.41, 5.74) is 5.69. The van der Waals surface area contributed by atoms with E-state index in [9.17, 15) is 4.79 Å². The molecule has 0 aliphatic carbocycles. The van der Waals surface area contributed by atoms with Crippen LogP contribution >= 0.6 is 0 Å². The third-order valence-electron chi connectivity index (χ3n) is 2.03. The molecule has 1 fully saturated rings. The highest BCUT2D eigenvalue weighted by atomic mass is 16.2. The average molecular weight is 171 g/mol. The number of hydrogen-bond donors (Lipinski definition) is 1. The summed E-state index contributed by atoms with van der Waals surface area (Å²) in [5, 5.41) is 0. The lowest BCUT2D eigenvalue weighted by molar-refractivity contribution is -0.130. The lowest BCUT2D eigenvalue weighted by Gasteiger charge is -2.18. The molecule has 0 aromatic rings. The minimum atomic E-state index is 0.188. The van der Waals surface area contributed by atoms with Crippen LogP contribution in [0.5, 0.6) is 0 Å². The van der Waals surface area contributed by atoms with Gasteiger partial charge in [0.15, 0.2) is 0 Å². The number of likely N-dealkylation sites (tertiary alicyclic amines) is 1. The van der Waals surface area contributed by atoms with Gasteiger partial charge in [-0.3, -0.25) is 4.79 Å². The van der Waals surface area contributed by atoms with Crippen molar-refractivity contribution in [3.05, 3.63) is 0 Å². The lowest BCUT2D eigenvalue weighted by Crippen LogP contribution is -2.37. The van der Waals surface area contributed by atoms with Crippen molar-refractivity contribution >= 4 is 5.91 Å². The minimum Gasteiger partial charge on any atom is -0.340 e. The second kappa shape index (κ2) is 3.87. The van der Waals surface area contributed by atoms with E-state index in [-0.39, 0.29) is 11.9 Å². The molecule has 1 rings (SSSR count). The fourth-order valence-corrected chi connectivity index (χ4v) is 1.38. The number of hydrogen-bond acceptors (Lipinski definition) is 3. The molecular weight excluding hydrogens is 154 g/mol. The maximum atomic E-state index is 11.4. The van der Waals surface area contributed by atoms with Crippen molar-refractivity contribution in [2.24, 2.45) is 5.73 Å². The molecule has 1 aliphatic rings. The predicted molar refractivity (Wildman–Crippen MR) is 47.7 cm³/mol. The molecule has 0 aromatic heterocycles. The van der Waals surface area contributed by atoms with E-state index in [1.165, 1.54) is 0 Å². The van der Waals surface area contributed by atoms with E-state index in [0.717, 1.165) is 19.5 Å². The Morgan fingerprint density at radius 3 is 2.75 bits per heavy atom. The standard InChI is InChI=1S/C8H17N3O/c1-10(2)6-8(12)11-4-3-7(9)5-11/h7H,3-6,9H2,1-2H3/t7-/m0/s1. The predicted octanol–water partition coefficient (Wildman–Crippen LogP) is -0.892. The molecule has 0 bridgehead atoms. The van der Waals surface area contributed by atoms with Crippen LogP contribution in [0.3, 0.4) is 0 Å². The van der Waals surface area contributed by atoms with Gasteiger partial charge in [-0.25, -0.2) is 0 Å². The normalized spacial score (nSPS) is 23.7. The van der Waals surface area contributed by atoms with Gasteiger partial charge in [-0.2, -0.15) is 0 Å². The van der Waals surface area contributed by atoms with Gasteiger partial charge in [0.2, 0.25) is 5.91 Å². The fraction of sp³-hybridized carbons (Fsp3) is 0.875. The molecule has 70 valence electrons. The highest BCUT2D eigenvalue weighted by Crippen LogP contribution is 2.06. The van der Waals surface area contributed by atoms with Crippen molar-refractivity contribution in [1.82, 2.24) is 9.80 Å². The molecule has 0 saturated carbocycles. The van der Waals surface area contributed by atoms with Crippen molar-refractivity contribution in [2.45, 2.75) is 12.5 Å². The molecule has 1 aliphatic heterocycles. The van der Waals surface area contributed by atoms with Gasteiger partial charge in [0.05, 0.1) is 6.54 Å². The van der Waals surface area contributed by atoms with Crippen molar-refractivity contribution in [3.8, 4) is 0 Å². The number of nitrogens with two attached hydrogens (primary N) is 1. The summed E-state index contributed by atoms with van der Waals surface area (Å²) in [4.78, 5) is 15.1. The molecule has 0 radical (unpaired) electrons. The van der Waals surface area contributed by atoms with E-state index in [4.69, 9.17) is 5.73 Å². The van der Waals surface area contributed by atoms with Gasteiger partial charge in [0.25, 0.3) is 0 Å². The van der Waals surface area contributed by atoms with Crippen LogP contribution in [0.4, 0.5) is 0 Å². The molecule has 1 atom stereocenters. The van der Waals surface area contributed by atoms with Crippen LogP contribution in [0.2, 0.25) is 0 Å². The van der Waals surface area contributed by atoms with Crippen LogP contribution in [0.25, 0.3) is 0 Å². The number of rotatable bonds is 2. The van der Waals surface area contributed by atoms with E-state index < -0.39 is 0 Å². The molecule has 0 aromatic carbocycles. The van der Waals surface area contributed by atoms with Gasteiger partial charge >= 0.3 is 0 Å². The van der Waals surface area contributed by atoms with Crippen molar-refractivity contribution < 1.29 is 4.79 Å². The Balaban J connectivity index is 2.33. The van der Waals surface area contributed by atoms with E-state index >= 15 is 0 Å². The Morgan fingerprint density at radius 1 is 1.67 bits per heavy atom. The van der Waals surface area contributed by atoms with Gasteiger partial charge in [-0.1, -0.05) is 0 Å². The minimum absolute atomic E-state index is 0.188. The molecular formula is C8H17N3O. The van der Waals surface area contributed by atoms with Gasteiger partial charge in [0.1, 0.15) is 0 Å². The lowest BCUT2D eigenvalue weighted by atomic mass is 10.3. The van der Waals surface area contributed by atoms with Crippen LogP contribution in [-0.2, 0) is 4.79 Å². The van der Waals surface area contributed by atoms with Crippen LogP contribution in [0.15, 0.2) is 0 Å². The summed E-state index contributed by atoms with van der Waals surface area (Å²) in [7, 11) is 3.79. The highest BCUT2D eigenvalue weighted by molar-refractivity contribution is 5.78. The summed E-state index contributed by atoms with van der Waals surface area (Å²) >= 11 is 0. The zero-order valence-electron chi connectivity index (χ0n) is 7.79. The summed E-state index contributed by atoms with van der Waals surface area (Å²) in [6.45, 7) is 2.05. The van der Waals surface area contributed by atoms with Gasteiger partial charge in [0, 0.05) is 19.1 Å². The molecule has 1 amide bonds. The van der Waals surface area contributed by atoms with Crippen molar-refractivity contribution in [3.63, 3.8) is 0 Å². The first-order valence-corrected chi connectivity index (χ1v) is 4.27. The van der Waals surface area contributed by atoms with E-state index in [1.807, 2.05) is 23.9 Å². The number of nitrogens with zero attached hydrogens (tertiary/aromatic N) is 2. The zero-order valence-corrected chi connectivity index (χ0v) is 7.79. The largest absolute Gasteiger partial charge is 0.340 e. The number of carbonyl (C=O) groups is 1. The average Bonchev–Trinajstić information content (AvgIpc) is 2.34. The summed E-state index contributed by atoms with van der Waals surface area (Å²) in [6.07, 6.45) is 0.944. The third kappa shape index (κ3) is 2.46. The van der Waals surface area contributed by atoms with Crippen LogP contribution < -0.4 is 5.73 Å². The molecule has 1 heterocycles. The highest BCUT2D eigenvalue weighted by Gasteiger charge is 2.23. The van der Waals surface area contributed by atoms with Gasteiger partial charge in [-0.05, 0) is 20.5 Å². The number of carbonyl (C=O) groups excluding carboxylic acids is 1. The van der Waals surface area contributed by atoms with Gasteiger partial charge in [-0.15, -0.1) is 0 Å². The molecule has 4 heteroatoms. The maximum absolute atomic E-state index is 11.4.